The van der Waals surface area contributed by atoms with Gasteiger partial charge in [-0.1, -0.05) is 26.7 Å². The van der Waals surface area contributed by atoms with E-state index in [2.05, 4.69) is 25.7 Å². The molecule has 0 spiro atoms. The molecule has 1 aromatic heterocycles. The molecular weight excluding hydrogens is 254 g/mol. The van der Waals surface area contributed by atoms with E-state index in [1.807, 2.05) is 11.3 Å². The first-order chi connectivity index (χ1) is 9.21. The lowest BCUT2D eigenvalue weighted by atomic mass is 10.0. The summed E-state index contributed by atoms with van der Waals surface area (Å²) in [5.41, 5.74) is 7.14. The Labute approximate surface area is 121 Å². The van der Waals surface area contributed by atoms with Crippen molar-refractivity contribution in [3.63, 3.8) is 0 Å². The second kappa shape index (κ2) is 6.71. The van der Waals surface area contributed by atoms with Gasteiger partial charge in [-0.25, -0.2) is 4.98 Å². The zero-order valence-corrected chi connectivity index (χ0v) is 13.3. The van der Waals surface area contributed by atoms with Gasteiger partial charge in [-0.2, -0.15) is 0 Å². The van der Waals surface area contributed by atoms with Gasteiger partial charge in [0.1, 0.15) is 0 Å². The molecule has 2 N–H and O–H groups in total. The highest BCUT2D eigenvalue weighted by molar-refractivity contribution is 7.15. The van der Waals surface area contributed by atoms with Crippen molar-refractivity contribution in [1.82, 2.24) is 4.98 Å². The zero-order valence-electron chi connectivity index (χ0n) is 12.5. The van der Waals surface area contributed by atoms with Gasteiger partial charge in [0.05, 0.1) is 5.69 Å². The molecular formula is C15H27N3S. The van der Waals surface area contributed by atoms with Crippen molar-refractivity contribution in [3.8, 4) is 0 Å². The maximum atomic E-state index is 5.90. The molecule has 0 saturated heterocycles. The Bertz CT molecular complexity index is 396. The molecule has 1 aliphatic carbocycles. The molecule has 1 unspecified atom stereocenters. The SMILES string of the molecule is CCC(C)c1nc(N(CC)C2CCCC2)sc1CN. The summed E-state index contributed by atoms with van der Waals surface area (Å²) in [6.45, 7) is 8.40. The Hall–Kier alpha value is -0.610. The molecule has 1 aromatic rings. The Balaban J connectivity index is 2.25. The minimum atomic E-state index is 0.519. The highest BCUT2D eigenvalue weighted by atomic mass is 32.1. The van der Waals surface area contributed by atoms with E-state index in [4.69, 9.17) is 10.7 Å². The lowest BCUT2D eigenvalue weighted by Crippen LogP contribution is -2.32. The van der Waals surface area contributed by atoms with Crippen LogP contribution in [0, 0.1) is 0 Å². The van der Waals surface area contributed by atoms with Crippen LogP contribution in [0.1, 0.15) is 69.4 Å². The number of nitrogens with zero attached hydrogens (tertiary/aromatic N) is 2. The predicted octanol–water partition coefficient (Wildman–Crippen LogP) is 3.88. The molecule has 1 atom stereocenters. The van der Waals surface area contributed by atoms with Crippen molar-refractivity contribution in [2.24, 2.45) is 5.73 Å². The molecule has 0 amide bonds. The fourth-order valence-corrected chi connectivity index (χ4v) is 4.16. The van der Waals surface area contributed by atoms with Crippen LogP contribution in [-0.4, -0.2) is 17.6 Å². The number of hydrogen-bond acceptors (Lipinski definition) is 4. The van der Waals surface area contributed by atoms with Gasteiger partial charge in [0.15, 0.2) is 5.13 Å². The van der Waals surface area contributed by atoms with Gasteiger partial charge < -0.3 is 10.6 Å². The van der Waals surface area contributed by atoms with Gasteiger partial charge in [-0.15, -0.1) is 11.3 Å². The van der Waals surface area contributed by atoms with Gasteiger partial charge in [0, 0.05) is 24.0 Å². The quantitative estimate of drug-likeness (QED) is 0.860. The van der Waals surface area contributed by atoms with Gasteiger partial charge in [-0.3, -0.25) is 0 Å². The average Bonchev–Trinajstić information content (AvgIpc) is 3.08. The monoisotopic (exact) mass is 281 g/mol. The van der Waals surface area contributed by atoms with E-state index in [1.54, 1.807) is 0 Å². The Morgan fingerprint density at radius 2 is 2.05 bits per heavy atom. The van der Waals surface area contributed by atoms with Gasteiger partial charge >= 0.3 is 0 Å². The van der Waals surface area contributed by atoms with E-state index in [1.165, 1.54) is 41.4 Å². The third-order valence-corrected chi connectivity index (χ3v) is 5.46. The summed E-state index contributed by atoms with van der Waals surface area (Å²) in [5, 5.41) is 1.20. The van der Waals surface area contributed by atoms with Crippen LogP contribution in [0.25, 0.3) is 0 Å². The molecule has 4 heteroatoms. The van der Waals surface area contributed by atoms with Crippen LogP contribution in [0.3, 0.4) is 0 Å². The van der Waals surface area contributed by atoms with Crippen LogP contribution in [0.15, 0.2) is 0 Å². The summed E-state index contributed by atoms with van der Waals surface area (Å²) in [6.07, 6.45) is 6.52. The largest absolute Gasteiger partial charge is 0.345 e. The maximum absolute atomic E-state index is 5.90. The number of rotatable bonds is 6. The lowest BCUT2D eigenvalue weighted by molar-refractivity contribution is 0.615. The Morgan fingerprint density at radius 3 is 2.58 bits per heavy atom. The van der Waals surface area contributed by atoms with Gasteiger partial charge in [-0.05, 0) is 32.1 Å². The molecule has 1 saturated carbocycles. The molecule has 3 nitrogen and oxygen atoms in total. The van der Waals surface area contributed by atoms with E-state index in [9.17, 15) is 0 Å². The highest BCUT2D eigenvalue weighted by Gasteiger charge is 2.25. The molecule has 19 heavy (non-hydrogen) atoms. The summed E-state index contributed by atoms with van der Waals surface area (Å²) < 4.78 is 0. The molecule has 0 radical (unpaired) electrons. The van der Waals surface area contributed by atoms with Crippen molar-refractivity contribution in [2.75, 3.05) is 11.4 Å². The number of aromatic nitrogens is 1. The smallest absolute Gasteiger partial charge is 0.186 e. The summed E-state index contributed by atoms with van der Waals surface area (Å²) in [7, 11) is 0. The summed E-state index contributed by atoms with van der Waals surface area (Å²) in [6, 6.07) is 0.701. The summed E-state index contributed by atoms with van der Waals surface area (Å²) in [4.78, 5) is 8.71. The molecule has 0 aromatic carbocycles. The fourth-order valence-electron chi connectivity index (χ4n) is 2.96. The molecule has 1 aliphatic rings. The maximum Gasteiger partial charge on any atom is 0.186 e. The van der Waals surface area contributed by atoms with Crippen molar-refractivity contribution in [1.29, 1.82) is 0 Å². The van der Waals surface area contributed by atoms with Crippen molar-refractivity contribution in [3.05, 3.63) is 10.6 Å². The number of hydrogen-bond donors (Lipinski definition) is 1. The van der Waals surface area contributed by atoms with E-state index < -0.39 is 0 Å². The first-order valence-corrected chi connectivity index (χ1v) is 8.49. The number of anilines is 1. The van der Waals surface area contributed by atoms with E-state index in [0.717, 1.165) is 13.0 Å². The minimum Gasteiger partial charge on any atom is -0.345 e. The molecule has 108 valence electrons. The highest BCUT2D eigenvalue weighted by Crippen LogP contribution is 2.35. The first-order valence-electron chi connectivity index (χ1n) is 7.67. The first kappa shape index (κ1) is 14.8. The van der Waals surface area contributed by atoms with Crippen LogP contribution in [0.5, 0.6) is 0 Å². The van der Waals surface area contributed by atoms with E-state index in [0.29, 0.717) is 18.5 Å². The van der Waals surface area contributed by atoms with Crippen LogP contribution in [0.2, 0.25) is 0 Å². The van der Waals surface area contributed by atoms with Gasteiger partial charge in [0.2, 0.25) is 0 Å². The molecule has 0 aliphatic heterocycles. The normalized spacial score (nSPS) is 17.9. The summed E-state index contributed by atoms with van der Waals surface area (Å²) >= 11 is 1.81. The second-order valence-corrected chi connectivity index (χ2v) is 6.60. The van der Waals surface area contributed by atoms with Crippen molar-refractivity contribution in [2.45, 2.75) is 71.4 Å². The third kappa shape index (κ3) is 3.11. The third-order valence-electron chi connectivity index (χ3n) is 4.33. The predicted molar refractivity (Wildman–Crippen MR) is 84.0 cm³/mol. The van der Waals surface area contributed by atoms with Gasteiger partial charge in [0.25, 0.3) is 0 Å². The number of nitrogens with two attached hydrogens (primary N) is 1. The topological polar surface area (TPSA) is 42.2 Å². The average molecular weight is 281 g/mol. The molecule has 1 heterocycles. The van der Waals surface area contributed by atoms with E-state index >= 15 is 0 Å². The Morgan fingerprint density at radius 1 is 1.37 bits per heavy atom. The molecule has 0 bridgehead atoms. The van der Waals surface area contributed by atoms with Crippen LogP contribution in [0.4, 0.5) is 5.13 Å². The Kier molecular flexibility index (Phi) is 5.22. The molecule has 1 fully saturated rings. The standard InChI is InChI=1S/C15H27N3S/c1-4-11(3)14-13(10-16)19-15(17-14)18(5-2)12-8-6-7-9-12/h11-12H,4-10,16H2,1-3H3. The number of thiazole rings is 1. The minimum absolute atomic E-state index is 0.519. The fraction of sp³-hybridized carbons (Fsp3) is 0.800. The van der Waals surface area contributed by atoms with E-state index in [-0.39, 0.29) is 0 Å². The van der Waals surface area contributed by atoms with Crippen molar-refractivity contribution < 1.29 is 0 Å². The summed E-state index contributed by atoms with van der Waals surface area (Å²) in [5.74, 6) is 0.519. The lowest BCUT2D eigenvalue weighted by Gasteiger charge is -2.27. The molecule has 2 rings (SSSR count). The van der Waals surface area contributed by atoms with Crippen LogP contribution >= 0.6 is 11.3 Å². The second-order valence-electron chi connectivity index (χ2n) is 5.54. The zero-order chi connectivity index (χ0) is 13.8. The van der Waals surface area contributed by atoms with Crippen molar-refractivity contribution >= 4 is 16.5 Å². The van der Waals surface area contributed by atoms with Crippen LogP contribution in [-0.2, 0) is 6.54 Å². The van der Waals surface area contributed by atoms with Crippen LogP contribution < -0.4 is 10.6 Å².